The van der Waals surface area contributed by atoms with E-state index in [1.807, 2.05) is 23.2 Å². The van der Waals surface area contributed by atoms with E-state index in [2.05, 4.69) is 45.7 Å². The first-order valence-corrected chi connectivity index (χ1v) is 11.3. The summed E-state index contributed by atoms with van der Waals surface area (Å²) < 4.78 is 40.1. The Morgan fingerprint density at radius 3 is 2.31 bits per heavy atom. The number of hydrogen-bond acceptors (Lipinski definition) is 5. The number of carbonyl (C=O) groups is 2. The molecule has 5 rings (SSSR count). The van der Waals surface area contributed by atoms with Crippen molar-refractivity contribution in [2.45, 2.75) is 38.1 Å². The van der Waals surface area contributed by atoms with E-state index in [-0.39, 0.29) is 11.4 Å². The molecule has 8 nitrogen and oxygen atoms in total. The van der Waals surface area contributed by atoms with E-state index >= 15 is 0 Å². The molecule has 0 saturated carbocycles. The number of carboxylic acids is 1. The largest absolute Gasteiger partial charge is 0.490 e. The second-order valence-electron chi connectivity index (χ2n) is 8.79. The Balaban J connectivity index is 0.000000384. The zero-order valence-electron chi connectivity index (χ0n) is 19.5. The Labute approximate surface area is 205 Å². The van der Waals surface area contributed by atoms with Crippen LogP contribution in [0.25, 0.3) is 11.3 Å². The van der Waals surface area contributed by atoms with Crippen LogP contribution in [0.2, 0.25) is 0 Å². The fourth-order valence-electron chi connectivity index (χ4n) is 4.49. The predicted octanol–water partition coefficient (Wildman–Crippen LogP) is 4.05. The molecule has 3 aromatic rings. The van der Waals surface area contributed by atoms with Crippen molar-refractivity contribution < 1.29 is 32.6 Å². The van der Waals surface area contributed by atoms with E-state index in [1.165, 1.54) is 11.1 Å². The van der Waals surface area contributed by atoms with E-state index < -0.39 is 12.1 Å². The molecular weight excluding hydrogens is 477 g/mol. The summed E-state index contributed by atoms with van der Waals surface area (Å²) in [6.45, 7) is 4.65. The highest BCUT2D eigenvalue weighted by molar-refractivity contribution is 5.92. The maximum atomic E-state index is 12.8. The number of rotatable bonds is 2. The van der Waals surface area contributed by atoms with E-state index in [0.29, 0.717) is 32.0 Å². The summed E-state index contributed by atoms with van der Waals surface area (Å²) in [6, 6.07) is 14.0. The molecule has 0 aliphatic carbocycles. The monoisotopic (exact) mass is 502 g/mol. The van der Waals surface area contributed by atoms with Gasteiger partial charge in [-0.2, -0.15) is 13.2 Å². The molecule has 1 saturated heterocycles. The molecule has 1 N–H and O–H groups in total. The van der Waals surface area contributed by atoms with Crippen molar-refractivity contribution in [1.82, 2.24) is 19.4 Å². The maximum Gasteiger partial charge on any atom is 0.490 e. The summed E-state index contributed by atoms with van der Waals surface area (Å²) in [4.78, 5) is 32.5. The van der Waals surface area contributed by atoms with Crippen LogP contribution < -0.4 is 0 Å². The smallest absolute Gasteiger partial charge is 0.475 e. The number of ether oxygens (including phenoxy) is 1. The SMILES string of the molecule is Cc1ccc(-c2cnc3n2C2(CCN(C(=O)c4ccccn4)CC2)COC3)cc1.O=C(O)C(F)(F)F. The molecule has 4 heterocycles. The normalized spacial score (nSPS) is 16.6. The number of amides is 1. The molecule has 0 atom stereocenters. The number of pyridine rings is 1. The zero-order valence-corrected chi connectivity index (χ0v) is 19.5. The van der Waals surface area contributed by atoms with Crippen LogP contribution in [0.1, 0.15) is 34.7 Å². The van der Waals surface area contributed by atoms with Crippen molar-refractivity contribution >= 4 is 11.9 Å². The van der Waals surface area contributed by atoms with Gasteiger partial charge in [0.25, 0.3) is 5.91 Å². The second kappa shape index (κ2) is 10.1. The average Bonchev–Trinajstić information content (AvgIpc) is 3.31. The molecule has 2 aliphatic rings. The number of fused-ring (bicyclic) bond motifs is 2. The van der Waals surface area contributed by atoms with Crippen molar-refractivity contribution in [2.75, 3.05) is 19.7 Å². The van der Waals surface area contributed by atoms with Gasteiger partial charge in [-0.05, 0) is 37.5 Å². The van der Waals surface area contributed by atoms with Gasteiger partial charge in [0.1, 0.15) is 18.1 Å². The molecular formula is C25H25F3N4O4. The van der Waals surface area contributed by atoms with E-state index in [4.69, 9.17) is 14.6 Å². The summed E-state index contributed by atoms with van der Waals surface area (Å²) in [6.07, 6.45) is 0.225. The van der Waals surface area contributed by atoms with Crippen molar-refractivity contribution in [3.63, 3.8) is 0 Å². The Kier molecular flexibility index (Phi) is 7.11. The topological polar surface area (TPSA) is 97.5 Å². The summed E-state index contributed by atoms with van der Waals surface area (Å²) in [5.41, 5.74) is 3.89. The highest BCUT2D eigenvalue weighted by atomic mass is 19.4. The number of aromatic nitrogens is 3. The second-order valence-corrected chi connectivity index (χ2v) is 8.79. The first-order valence-electron chi connectivity index (χ1n) is 11.3. The summed E-state index contributed by atoms with van der Waals surface area (Å²) >= 11 is 0. The number of piperidine rings is 1. The number of likely N-dealkylation sites (tertiary alicyclic amines) is 1. The van der Waals surface area contributed by atoms with Crippen LogP contribution in [0.15, 0.2) is 54.9 Å². The minimum Gasteiger partial charge on any atom is -0.475 e. The van der Waals surface area contributed by atoms with Gasteiger partial charge < -0.3 is 19.3 Å². The van der Waals surface area contributed by atoms with Gasteiger partial charge in [0.2, 0.25) is 0 Å². The third kappa shape index (κ3) is 5.25. The number of benzene rings is 1. The van der Waals surface area contributed by atoms with Gasteiger partial charge in [-0.15, -0.1) is 0 Å². The third-order valence-electron chi connectivity index (χ3n) is 6.37. The molecule has 11 heteroatoms. The first kappa shape index (κ1) is 25.4. The van der Waals surface area contributed by atoms with Gasteiger partial charge in [0, 0.05) is 19.3 Å². The number of aryl methyl sites for hydroxylation is 1. The van der Waals surface area contributed by atoms with Gasteiger partial charge in [-0.25, -0.2) is 9.78 Å². The van der Waals surface area contributed by atoms with Crippen molar-refractivity contribution in [2.24, 2.45) is 0 Å². The number of carboxylic acid groups (broad SMARTS) is 1. The molecule has 2 aliphatic heterocycles. The minimum absolute atomic E-state index is 0.00166. The van der Waals surface area contributed by atoms with Gasteiger partial charge in [0.15, 0.2) is 0 Å². The van der Waals surface area contributed by atoms with Crippen LogP contribution in [0.5, 0.6) is 0 Å². The van der Waals surface area contributed by atoms with E-state index in [1.54, 1.807) is 12.3 Å². The molecule has 0 bridgehead atoms. The fourth-order valence-corrected chi connectivity index (χ4v) is 4.49. The standard InChI is InChI=1S/C23H24N4O2.C2HF3O2/c1-17-5-7-18(8-6-17)20-14-25-21-15-29-16-23(27(20)21)9-12-26(13-10-23)22(28)19-4-2-3-11-24-19;3-2(4,5)1(6)7/h2-8,11,14H,9-10,12-13,15-16H2,1H3;(H,6,7). The number of aliphatic carboxylic acids is 1. The highest BCUT2D eigenvalue weighted by Gasteiger charge is 2.43. The molecule has 36 heavy (non-hydrogen) atoms. The number of carbonyl (C=O) groups excluding carboxylic acids is 1. The van der Waals surface area contributed by atoms with Crippen LogP contribution in [-0.2, 0) is 21.7 Å². The van der Waals surface area contributed by atoms with Gasteiger partial charge >= 0.3 is 12.1 Å². The highest BCUT2D eigenvalue weighted by Crippen LogP contribution is 2.39. The molecule has 190 valence electrons. The van der Waals surface area contributed by atoms with E-state index in [0.717, 1.165) is 24.4 Å². The van der Waals surface area contributed by atoms with Crippen LogP contribution in [0.4, 0.5) is 13.2 Å². The van der Waals surface area contributed by atoms with Crippen LogP contribution in [0.3, 0.4) is 0 Å². The molecule has 1 amide bonds. The lowest BCUT2D eigenvalue weighted by atomic mass is 9.86. The average molecular weight is 502 g/mol. The first-order chi connectivity index (χ1) is 17.1. The Hall–Kier alpha value is -3.73. The minimum atomic E-state index is -5.08. The Bertz CT molecular complexity index is 1220. The predicted molar refractivity (Wildman–Crippen MR) is 123 cm³/mol. The van der Waals surface area contributed by atoms with Gasteiger partial charge in [-0.1, -0.05) is 35.9 Å². The lowest BCUT2D eigenvalue weighted by Crippen LogP contribution is -2.52. The number of alkyl halides is 3. The fraction of sp³-hybridized carbons (Fsp3) is 0.360. The molecule has 0 unspecified atom stereocenters. The molecule has 1 aromatic carbocycles. The van der Waals surface area contributed by atoms with Crippen LogP contribution >= 0.6 is 0 Å². The van der Waals surface area contributed by atoms with Crippen molar-refractivity contribution in [3.05, 3.63) is 71.9 Å². The summed E-state index contributed by atoms with van der Waals surface area (Å²) in [5, 5.41) is 7.12. The number of nitrogens with zero attached hydrogens (tertiary/aromatic N) is 4. The molecule has 0 radical (unpaired) electrons. The molecule has 1 spiro atoms. The van der Waals surface area contributed by atoms with Crippen LogP contribution in [0, 0.1) is 6.92 Å². The maximum absolute atomic E-state index is 12.8. The number of imidazole rings is 1. The Morgan fingerprint density at radius 1 is 1.06 bits per heavy atom. The van der Waals surface area contributed by atoms with Crippen molar-refractivity contribution in [1.29, 1.82) is 0 Å². The van der Waals surface area contributed by atoms with Crippen LogP contribution in [-0.4, -0.2) is 62.3 Å². The Morgan fingerprint density at radius 2 is 1.72 bits per heavy atom. The van der Waals surface area contributed by atoms with Gasteiger partial charge in [0.05, 0.1) is 24.0 Å². The zero-order chi connectivity index (χ0) is 25.9. The van der Waals surface area contributed by atoms with Crippen molar-refractivity contribution in [3.8, 4) is 11.3 Å². The molecule has 2 aromatic heterocycles. The summed E-state index contributed by atoms with van der Waals surface area (Å²) in [5.74, 6) is -1.79. The van der Waals surface area contributed by atoms with Gasteiger partial charge in [-0.3, -0.25) is 9.78 Å². The number of halogens is 3. The quantitative estimate of drug-likeness (QED) is 0.568. The lowest BCUT2D eigenvalue weighted by Gasteiger charge is -2.46. The lowest BCUT2D eigenvalue weighted by molar-refractivity contribution is -0.192. The molecule has 1 fully saturated rings. The number of hydrogen-bond donors (Lipinski definition) is 1. The van der Waals surface area contributed by atoms with E-state index in [9.17, 15) is 18.0 Å². The third-order valence-corrected chi connectivity index (χ3v) is 6.37. The summed E-state index contributed by atoms with van der Waals surface area (Å²) in [7, 11) is 0.